The van der Waals surface area contributed by atoms with Crippen molar-refractivity contribution in [2.24, 2.45) is 5.41 Å². The lowest BCUT2D eigenvalue weighted by molar-refractivity contribution is -0.141. The summed E-state index contributed by atoms with van der Waals surface area (Å²) in [5.74, 6) is -1.22. The number of hydrogen-bond donors (Lipinski definition) is 1. The van der Waals surface area contributed by atoms with Crippen LogP contribution in [0.3, 0.4) is 0 Å². The van der Waals surface area contributed by atoms with Crippen LogP contribution in [-0.2, 0) is 32.6 Å². The molecule has 0 fully saturated rings. The van der Waals surface area contributed by atoms with Crippen molar-refractivity contribution >= 4 is 27.9 Å². The Hall–Kier alpha value is -4.62. The van der Waals surface area contributed by atoms with Gasteiger partial charge in [-0.2, -0.15) is 9.40 Å². The van der Waals surface area contributed by atoms with Gasteiger partial charge in [0.05, 0.1) is 17.9 Å². The zero-order chi connectivity index (χ0) is 33.0. The van der Waals surface area contributed by atoms with Gasteiger partial charge in [-0.3, -0.25) is 0 Å². The quantitative estimate of drug-likeness (QED) is 0.246. The second kappa shape index (κ2) is 13.2. The zero-order valence-corrected chi connectivity index (χ0v) is 27.0. The predicted molar refractivity (Wildman–Crippen MR) is 168 cm³/mol. The Morgan fingerprint density at radius 3 is 2.18 bits per heavy atom. The van der Waals surface area contributed by atoms with Crippen LogP contribution in [0.15, 0.2) is 90.3 Å². The topological polar surface area (TPSA) is 148 Å². The highest BCUT2D eigenvalue weighted by atomic mass is 32.2. The lowest BCUT2D eigenvalue weighted by atomic mass is 9.85. The minimum Gasteiger partial charge on any atom is -0.480 e. The van der Waals surface area contributed by atoms with Gasteiger partial charge in [0, 0.05) is 25.1 Å². The van der Waals surface area contributed by atoms with Gasteiger partial charge in [-0.1, -0.05) is 45.0 Å². The first-order valence-corrected chi connectivity index (χ1v) is 15.7. The van der Waals surface area contributed by atoms with E-state index in [2.05, 4.69) is 15.1 Å². The zero-order valence-electron chi connectivity index (χ0n) is 26.2. The number of rotatable bonds is 10. The summed E-state index contributed by atoms with van der Waals surface area (Å²) in [7, 11) is -4.11. The lowest BCUT2D eigenvalue weighted by Gasteiger charge is -2.37. The molecule has 1 aromatic carbocycles. The maximum atomic E-state index is 13.9. The number of carbonyl (C=O) groups excluding carboxylic acids is 1. The van der Waals surface area contributed by atoms with Crippen molar-refractivity contribution in [2.75, 3.05) is 4.90 Å². The molecule has 12 nitrogen and oxygen atoms in total. The van der Waals surface area contributed by atoms with Crippen LogP contribution in [0.25, 0.3) is 5.69 Å². The molecule has 0 aliphatic heterocycles. The second-order valence-electron chi connectivity index (χ2n) is 12.5. The molecule has 0 saturated heterocycles. The lowest BCUT2D eigenvalue weighted by Crippen LogP contribution is -2.54. The highest BCUT2D eigenvalue weighted by molar-refractivity contribution is 7.89. The fourth-order valence-corrected chi connectivity index (χ4v) is 5.95. The highest BCUT2D eigenvalue weighted by Crippen LogP contribution is 2.31. The van der Waals surface area contributed by atoms with Crippen LogP contribution in [0.2, 0.25) is 0 Å². The first-order chi connectivity index (χ1) is 21.1. The third kappa shape index (κ3) is 8.31. The van der Waals surface area contributed by atoms with Gasteiger partial charge >= 0.3 is 12.1 Å². The number of amides is 1. The Morgan fingerprint density at radius 2 is 1.62 bits per heavy atom. The molecule has 0 saturated carbocycles. The van der Waals surface area contributed by atoms with E-state index in [1.54, 1.807) is 88.9 Å². The van der Waals surface area contributed by atoms with E-state index in [0.29, 0.717) is 5.56 Å². The number of sulfonamides is 1. The third-order valence-electron chi connectivity index (χ3n) is 6.59. The van der Waals surface area contributed by atoms with Gasteiger partial charge in [-0.05, 0) is 74.2 Å². The van der Waals surface area contributed by atoms with E-state index in [0.717, 1.165) is 10.6 Å². The summed E-state index contributed by atoms with van der Waals surface area (Å²) in [6, 6.07) is 17.1. The van der Waals surface area contributed by atoms with Crippen LogP contribution in [0, 0.1) is 5.41 Å². The molecule has 45 heavy (non-hydrogen) atoms. The summed E-state index contributed by atoms with van der Waals surface area (Å²) in [6.07, 6.45) is 3.99. The van der Waals surface area contributed by atoms with E-state index >= 15 is 0 Å². The number of aliphatic carboxylic acids is 1. The SMILES string of the molecule is CC(C)(C)OC(=O)N(c1cccc(CN(Cc2ccc(-n3cccn3)cc2)S(=O)(=O)c2ccccn2)n1)C(C(=O)O)C(C)(C)C. The summed E-state index contributed by atoms with van der Waals surface area (Å²) < 4.78 is 36.3. The minimum absolute atomic E-state index is 0.0142. The average molecular weight is 635 g/mol. The standard InChI is InChI=1S/C32H38N6O6S/c1-31(2,3)28(29(39)40)38(30(41)44-32(4,5)6)26-12-9-11-24(35-26)22-36(45(42,43)27-13-7-8-18-33-27)21-23-14-16-25(17-15-23)37-20-10-19-34-37/h7-20,28H,21-22H2,1-6H3,(H,39,40). The van der Waals surface area contributed by atoms with E-state index in [-0.39, 0.29) is 29.6 Å². The molecule has 4 aromatic rings. The molecule has 1 amide bonds. The third-order valence-corrected chi connectivity index (χ3v) is 8.29. The van der Waals surface area contributed by atoms with Crippen molar-refractivity contribution in [1.29, 1.82) is 0 Å². The van der Waals surface area contributed by atoms with Crippen LogP contribution in [0.4, 0.5) is 10.6 Å². The molecule has 1 N–H and O–H groups in total. The number of anilines is 1. The maximum absolute atomic E-state index is 13.9. The van der Waals surface area contributed by atoms with Gasteiger partial charge in [-0.25, -0.2) is 37.6 Å². The summed E-state index contributed by atoms with van der Waals surface area (Å²) in [5, 5.41) is 14.3. The average Bonchev–Trinajstić information content (AvgIpc) is 3.50. The molecule has 4 rings (SSSR count). The van der Waals surface area contributed by atoms with Crippen molar-refractivity contribution in [1.82, 2.24) is 24.1 Å². The Balaban J connectivity index is 1.74. The van der Waals surface area contributed by atoms with Crippen molar-refractivity contribution in [3.63, 3.8) is 0 Å². The predicted octanol–water partition coefficient (Wildman–Crippen LogP) is 5.29. The van der Waals surface area contributed by atoms with Gasteiger partial charge < -0.3 is 9.84 Å². The molecule has 3 heterocycles. The Labute approximate surface area is 263 Å². The Kier molecular flexibility index (Phi) is 9.74. The molecular weight excluding hydrogens is 596 g/mol. The maximum Gasteiger partial charge on any atom is 0.416 e. The summed E-state index contributed by atoms with van der Waals surface area (Å²) in [5.41, 5.74) is -0.0142. The molecule has 0 radical (unpaired) electrons. The van der Waals surface area contributed by atoms with Gasteiger partial charge in [-0.15, -0.1) is 0 Å². The molecule has 13 heteroatoms. The Morgan fingerprint density at radius 1 is 0.911 bits per heavy atom. The fourth-order valence-electron chi connectivity index (χ4n) is 4.62. The van der Waals surface area contributed by atoms with E-state index in [1.165, 1.54) is 22.6 Å². The number of hydrogen-bond acceptors (Lipinski definition) is 8. The number of nitrogens with zero attached hydrogens (tertiary/aromatic N) is 6. The van der Waals surface area contributed by atoms with Crippen molar-refractivity contribution in [3.05, 3.63) is 96.6 Å². The largest absolute Gasteiger partial charge is 0.480 e. The van der Waals surface area contributed by atoms with E-state index in [4.69, 9.17) is 4.74 Å². The van der Waals surface area contributed by atoms with Crippen LogP contribution in [0.5, 0.6) is 0 Å². The first-order valence-electron chi connectivity index (χ1n) is 14.3. The molecular formula is C32H38N6O6S. The van der Waals surface area contributed by atoms with Crippen molar-refractivity contribution < 1.29 is 27.9 Å². The normalized spacial score (nSPS) is 13.0. The van der Waals surface area contributed by atoms with Gasteiger partial charge in [0.1, 0.15) is 17.5 Å². The van der Waals surface area contributed by atoms with Crippen LogP contribution >= 0.6 is 0 Å². The van der Waals surface area contributed by atoms with E-state index < -0.39 is 39.1 Å². The number of benzene rings is 1. The number of ether oxygens (including phenoxy) is 1. The van der Waals surface area contributed by atoms with Crippen molar-refractivity contribution in [2.45, 2.75) is 71.3 Å². The highest BCUT2D eigenvalue weighted by Gasteiger charge is 2.42. The molecule has 0 aliphatic carbocycles. The number of aromatic nitrogens is 4. The van der Waals surface area contributed by atoms with Gasteiger partial charge in [0.25, 0.3) is 10.0 Å². The van der Waals surface area contributed by atoms with Gasteiger partial charge in [0.2, 0.25) is 0 Å². The number of carboxylic acid groups (broad SMARTS) is 1. The van der Waals surface area contributed by atoms with E-state index in [1.807, 2.05) is 24.3 Å². The van der Waals surface area contributed by atoms with Crippen molar-refractivity contribution in [3.8, 4) is 5.69 Å². The molecule has 238 valence electrons. The second-order valence-corrected chi connectivity index (χ2v) is 14.4. The number of pyridine rings is 2. The molecule has 3 aromatic heterocycles. The minimum atomic E-state index is -4.11. The first kappa shape index (κ1) is 33.3. The molecule has 0 aliphatic rings. The molecule has 0 spiro atoms. The Bertz CT molecular complexity index is 1710. The van der Waals surface area contributed by atoms with E-state index in [9.17, 15) is 23.1 Å². The van der Waals surface area contributed by atoms with Crippen LogP contribution in [0.1, 0.15) is 52.8 Å². The van der Waals surface area contributed by atoms with Crippen LogP contribution < -0.4 is 4.90 Å². The number of carbonyl (C=O) groups is 2. The molecule has 1 unspecified atom stereocenters. The van der Waals surface area contributed by atoms with Crippen LogP contribution in [-0.4, -0.2) is 61.3 Å². The molecule has 1 atom stereocenters. The fraction of sp³-hybridized carbons (Fsp3) is 0.344. The summed E-state index contributed by atoms with van der Waals surface area (Å²) >= 11 is 0. The van der Waals surface area contributed by atoms with Gasteiger partial charge in [0.15, 0.2) is 5.03 Å². The molecule has 0 bridgehead atoms. The monoisotopic (exact) mass is 634 g/mol. The smallest absolute Gasteiger partial charge is 0.416 e. The number of carboxylic acids is 1. The summed E-state index contributed by atoms with van der Waals surface area (Å²) in [4.78, 5) is 35.7. The summed E-state index contributed by atoms with van der Waals surface area (Å²) in [6.45, 7) is 9.94.